The Morgan fingerprint density at radius 2 is 2.05 bits per heavy atom. The van der Waals surface area contributed by atoms with Crippen LogP contribution in [0.3, 0.4) is 0 Å². The molecule has 104 valence electrons. The van der Waals surface area contributed by atoms with Gasteiger partial charge in [-0.1, -0.05) is 12.1 Å². The highest BCUT2D eigenvalue weighted by atomic mass is 16.5. The molecule has 0 saturated heterocycles. The van der Waals surface area contributed by atoms with Crippen molar-refractivity contribution in [1.82, 2.24) is 0 Å². The third kappa shape index (κ3) is 2.31. The molecular weight excluding hydrogens is 252 g/mol. The fourth-order valence-corrected chi connectivity index (χ4v) is 2.79. The highest BCUT2D eigenvalue weighted by Gasteiger charge is 2.23. The SMILES string of the molecule is COc1ccc([C@H]2COc3cc(O)ccc3C2)c(C)c1. The first-order valence-electron chi connectivity index (χ1n) is 6.76. The minimum Gasteiger partial charge on any atom is -0.508 e. The molecule has 2 aromatic rings. The van der Waals surface area contributed by atoms with Crippen LogP contribution in [-0.4, -0.2) is 18.8 Å². The number of hydrogen-bond donors (Lipinski definition) is 1. The van der Waals surface area contributed by atoms with Gasteiger partial charge in [0.2, 0.25) is 0 Å². The molecule has 1 aliphatic heterocycles. The van der Waals surface area contributed by atoms with Gasteiger partial charge in [-0.15, -0.1) is 0 Å². The minimum atomic E-state index is 0.253. The van der Waals surface area contributed by atoms with Crippen molar-refractivity contribution in [3.05, 3.63) is 53.1 Å². The van der Waals surface area contributed by atoms with Crippen molar-refractivity contribution in [1.29, 1.82) is 0 Å². The number of phenols is 1. The molecule has 1 heterocycles. The van der Waals surface area contributed by atoms with Crippen LogP contribution in [0.15, 0.2) is 36.4 Å². The van der Waals surface area contributed by atoms with Crippen molar-refractivity contribution in [2.45, 2.75) is 19.3 Å². The van der Waals surface area contributed by atoms with Gasteiger partial charge in [0.25, 0.3) is 0 Å². The van der Waals surface area contributed by atoms with E-state index < -0.39 is 0 Å². The van der Waals surface area contributed by atoms with Crippen LogP contribution in [0.25, 0.3) is 0 Å². The normalized spacial score (nSPS) is 17.2. The first-order chi connectivity index (χ1) is 9.67. The molecule has 0 unspecified atom stereocenters. The summed E-state index contributed by atoms with van der Waals surface area (Å²) in [6.07, 6.45) is 0.933. The van der Waals surface area contributed by atoms with Crippen LogP contribution in [0, 0.1) is 6.92 Å². The Hall–Kier alpha value is -2.16. The maximum Gasteiger partial charge on any atom is 0.126 e. The summed E-state index contributed by atoms with van der Waals surface area (Å²) in [5.41, 5.74) is 3.67. The molecule has 0 aliphatic carbocycles. The van der Waals surface area contributed by atoms with Crippen molar-refractivity contribution in [3.63, 3.8) is 0 Å². The summed E-state index contributed by atoms with van der Waals surface area (Å²) in [6, 6.07) is 11.5. The van der Waals surface area contributed by atoms with Gasteiger partial charge in [0.05, 0.1) is 13.7 Å². The van der Waals surface area contributed by atoms with Gasteiger partial charge in [-0.3, -0.25) is 0 Å². The fourth-order valence-electron chi connectivity index (χ4n) is 2.79. The third-order valence-corrected chi connectivity index (χ3v) is 3.87. The summed E-state index contributed by atoms with van der Waals surface area (Å²) in [6.45, 7) is 2.74. The Balaban J connectivity index is 1.88. The molecule has 0 aromatic heterocycles. The molecule has 1 atom stereocenters. The van der Waals surface area contributed by atoms with Crippen molar-refractivity contribution >= 4 is 0 Å². The molecule has 3 nitrogen and oxygen atoms in total. The van der Waals surface area contributed by atoms with Crippen LogP contribution >= 0.6 is 0 Å². The zero-order valence-corrected chi connectivity index (χ0v) is 11.7. The largest absolute Gasteiger partial charge is 0.508 e. The van der Waals surface area contributed by atoms with E-state index in [1.807, 2.05) is 12.1 Å². The van der Waals surface area contributed by atoms with Crippen LogP contribution in [0.2, 0.25) is 0 Å². The van der Waals surface area contributed by atoms with Crippen LogP contribution in [0.4, 0.5) is 0 Å². The van der Waals surface area contributed by atoms with E-state index in [2.05, 4.69) is 19.1 Å². The predicted octanol–water partition coefficient (Wildman–Crippen LogP) is 3.43. The standard InChI is InChI=1S/C17H18O3/c1-11-7-15(19-2)5-6-16(11)13-8-12-3-4-14(18)9-17(12)20-10-13/h3-7,9,13,18H,8,10H2,1-2H3/t13-/m1/s1. The molecule has 0 radical (unpaired) electrons. The van der Waals surface area contributed by atoms with Gasteiger partial charge in [0.15, 0.2) is 0 Å². The van der Waals surface area contributed by atoms with Gasteiger partial charge < -0.3 is 14.6 Å². The summed E-state index contributed by atoms with van der Waals surface area (Å²) in [4.78, 5) is 0. The number of hydrogen-bond acceptors (Lipinski definition) is 3. The van der Waals surface area contributed by atoms with E-state index in [0.717, 1.165) is 23.5 Å². The van der Waals surface area contributed by atoms with Crippen LogP contribution < -0.4 is 9.47 Å². The molecule has 0 fully saturated rings. The van der Waals surface area contributed by atoms with Crippen molar-refractivity contribution in [2.75, 3.05) is 13.7 Å². The monoisotopic (exact) mass is 270 g/mol. The summed E-state index contributed by atoms with van der Waals surface area (Å²) < 4.78 is 11.0. The van der Waals surface area contributed by atoms with Gasteiger partial charge in [-0.25, -0.2) is 0 Å². The number of benzene rings is 2. The lowest BCUT2D eigenvalue weighted by atomic mass is 9.88. The quantitative estimate of drug-likeness (QED) is 0.908. The summed E-state index contributed by atoms with van der Waals surface area (Å²) in [5.74, 6) is 2.28. The van der Waals surface area contributed by atoms with Crippen molar-refractivity contribution in [2.24, 2.45) is 0 Å². The van der Waals surface area contributed by atoms with E-state index >= 15 is 0 Å². The minimum absolute atomic E-state index is 0.253. The number of aryl methyl sites for hydroxylation is 1. The Labute approximate surface area is 118 Å². The first kappa shape index (κ1) is 12.9. The van der Waals surface area contributed by atoms with Crippen LogP contribution in [0.1, 0.15) is 22.6 Å². The lowest BCUT2D eigenvalue weighted by molar-refractivity contribution is 0.261. The molecule has 3 rings (SSSR count). The molecule has 1 aliphatic rings. The molecule has 3 heteroatoms. The third-order valence-electron chi connectivity index (χ3n) is 3.87. The molecular formula is C17H18O3. The Kier molecular flexibility index (Phi) is 3.26. The number of fused-ring (bicyclic) bond motifs is 1. The van der Waals surface area contributed by atoms with E-state index in [4.69, 9.17) is 9.47 Å². The Morgan fingerprint density at radius 1 is 1.20 bits per heavy atom. The van der Waals surface area contributed by atoms with E-state index in [0.29, 0.717) is 12.5 Å². The smallest absolute Gasteiger partial charge is 0.126 e. The second-order valence-corrected chi connectivity index (χ2v) is 5.23. The molecule has 1 N–H and O–H groups in total. The highest BCUT2D eigenvalue weighted by Crippen LogP contribution is 2.36. The predicted molar refractivity (Wildman–Crippen MR) is 77.8 cm³/mol. The van der Waals surface area contributed by atoms with Gasteiger partial charge in [-0.2, -0.15) is 0 Å². The zero-order chi connectivity index (χ0) is 14.1. The summed E-state index contributed by atoms with van der Waals surface area (Å²) >= 11 is 0. The van der Waals surface area contributed by atoms with Crippen molar-refractivity contribution in [3.8, 4) is 17.2 Å². The molecule has 20 heavy (non-hydrogen) atoms. The molecule has 0 amide bonds. The fraction of sp³-hybridized carbons (Fsp3) is 0.294. The first-order valence-corrected chi connectivity index (χ1v) is 6.76. The van der Waals surface area contributed by atoms with Crippen molar-refractivity contribution < 1.29 is 14.6 Å². The van der Waals surface area contributed by atoms with Gasteiger partial charge in [0.1, 0.15) is 17.2 Å². The molecule has 0 spiro atoms. The van der Waals surface area contributed by atoms with Gasteiger partial charge in [0, 0.05) is 12.0 Å². The molecule has 0 bridgehead atoms. The second kappa shape index (κ2) is 5.08. The number of phenolic OH excluding ortho intramolecular Hbond substituents is 1. The summed E-state index contributed by atoms with van der Waals surface area (Å²) in [5, 5.41) is 9.48. The maximum absolute atomic E-state index is 9.48. The Morgan fingerprint density at radius 3 is 2.80 bits per heavy atom. The zero-order valence-electron chi connectivity index (χ0n) is 11.7. The van der Waals surface area contributed by atoms with Gasteiger partial charge >= 0.3 is 0 Å². The second-order valence-electron chi connectivity index (χ2n) is 5.23. The number of rotatable bonds is 2. The average Bonchev–Trinajstić information content (AvgIpc) is 2.46. The van der Waals surface area contributed by atoms with E-state index in [-0.39, 0.29) is 5.75 Å². The van der Waals surface area contributed by atoms with Crippen LogP contribution in [0.5, 0.6) is 17.2 Å². The van der Waals surface area contributed by atoms with E-state index in [1.54, 1.807) is 19.2 Å². The lowest BCUT2D eigenvalue weighted by Gasteiger charge is -2.27. The topological polar surface area (TPSA) is 38.7 Å². The van der Waals surface area contributed by atoms with E-state index in [1.165, 1.54) is 11.1 Å². The number of aromatic hydroxyl groups is 1. The highest BCUT2D eigenvalue weighted by molar-refractivity contribution is 5.44. The van der Waals surface area contributed by atoms with Gasteiger partial charge in [-0.05, 0) is 48.2 Å². The molecule has 2 aromatic carbocycles. The maximum atomic E-state index is 9.48. The molecule has 0 saturated carbocycles. The number of ether oxygens (including phenoxy) is 2. The Bertz CT molecular complexity index is 634. The lowest BCUT2D eigenvalue weighted by Crippen LogP contribution is -2.19. The van der Waals surface area contributed by atoms with E-state index in [9.17, 15) is 5.11 Å². The van der Waals surface area contributed by atoms with Crippen LogP contribution in [-0.2, 0) is 6.42 Å². The number of methoxy groups -OCH3 is 1. The summed E-state index contributed by atoms with van der Waals surface area (Å²) in [7, 11) is 1.68. The average molecular weight is 270 g/mol.